The van der Waals surface area contributed by atoms with Gasteiger partial charge in [-0.25, -0.2) is 9.97 Å². The van der Waals surface area contributed by atoms with E-state index in [1.54, 1.807) is 30.8 Å². The molecule has 0 spiro atoms. The van der Waals surface area contributed by atoms with Crippen LogP contribution in [0.25, 0.3) is 20.8 Å². The molecule has 0 fully saturated rings. The van der Waals surface area contributed by atoms with E-state index in [4.69, 9.17) is 10.7 Å². The maximum Gasteiger partial charge on any atom is 0.268 e. The Morgan fingerprint density at radius 2 is 1.97 bits per heavy atom. The Balaban J connectivity index is 1.80. The number of carbonyl (C=O) groups excluding carboxylic acids is 1. The number of nitrogens with zero attached hydrogens (tertiary/aromatic N) is 3. The highest BCUT2D eigenvalue weighted by molar-refractivity contribution is 7.21. The lowest BCUT2D eigenvalue weighted by molar-refractivity contribution is 0.0996. The van der Waals surface area contributed by atoms with Gasteiger partial charge < -0.3 is 15.4 Å². The van der Waals surface area contributed by atoms with Gasteiger partial charge in [0.05, 0.1) is 28.7 Å². The molecule has 6 nitrogen and oxygen atoms in total. The first-order chi connectivity index (χ1) is 14.0. The summed E-state index contributed by atoms with van der Waals surface area (Å²) in [6, 6.07) is 16.1. The molecule has 2 aromatic heterocycles. The highest BCUT2D eigenvalue weighted by atomic mass is 32.1. The van der Waals surface area contributed by atoms with E-state index in [0.29, 0.717) is 12.8 Å². The molecule has 0 saturated heterocycles. The van der Waals surface area contributed by atoms with Crippen molar-refractivity contribution in [2.45, 2.75) is 31.9 Å². The molecule has 0 radical (unpaired) electrons. The summed E-state index contributed by atoms with van der Waals surface area (Å²) in [7, 11) is 0. The number of aromatic nitrogens is 3. The van der Waals surface area contributed by atoms with Gasteiger partial charge >= 0.3 is 0 Å². The summed E-state index contributed by atoms with van der Waals surface area (Å²) in [5, 5.41) is 10.8. The van der Waals surface area contributed by atoms with Crippen molar-refractivity contribution in [2.24, 2.45) is 5.73 Å². The third-order valence-corrected chi connectivity index (χ3v) is 5.97. The zero-order valence-corrected chi connectivity index (χ0v) is 16.8. The highest BCUT2D eigenvalue weighted by Crippen LogP contribution is 2.36. The Kier molecular flexibility index (Phi) is 5.42. The van der Waals surface area contributed by atoms with Crippen LogP contribution < -0.4 is 5.73 Å². The summed E-state index contributed by atoms with van der Waals surface area (Å²) in [5.41, 5.74) is 8.66. The molecule has 29 heavy (non-hydrogen) atoms. The van der Waals surface area contributed by atoms with E-state index in [1.807, 2.05) is 34.9 Å². The average molecular weight is 407 g/mol. The first-order valence-corrected chi connectivity index (χ1v) is 10.3. The Morgan fingerprint density at radius 1 is 1.17 bits per heavy atom. The van der Waals surface area contributed by atoms with Crippen molar-refractivity contribution in [1.29, 1.82) is 0 Å². The maximum atomic E-state index is 11.5. The molecule has 4 aromatic rings. The van der Waals surface area contributed by atoms with Crippen LogP contribution in [0.1, 0.15) is 41.9 Å². The molecular weight excluding hydrogens is 384 g/mol. The Labute approximate surface area is 172 Å². The molecule has 0 bridgehead atoms. The number of rotatable bonds is 7. The number of para-hydroxylation sites is 1. The summed E-state index contributed by atoms with van der Waals surface area (Å²) in [6.45, 7) is 1.77. The Morgan fingerprint density at radius 3 is 2.66 bits per heavy atom. The van der Waals surface area contributed by atoms with E-state index < -0.39 is 12.0 Å². The van der Waals surface area contributed by atoms with Crippen molar-refractivity contribution < 1.29 is 9.90 Å². The summed E-state index contributed by atoms with van der Waals surface area (Å²) < 4.78 is 2.98. The van der Waals surface area contributed by atoms with Crippen molar-refractivity contribution in [3.63, 3.8) is 0 Å². The number of aliphatic hydroxyl groups is 1. The minimum Gasteiger partial charge on any atom is -0.393 e. The van der Waals surface area contributed by atoms with Crippen LogP contribution in [0, 0.1) is 0 Å². The first-order valence-electron chi connectivity index (χ1n) is 9.49. The average Bonchev–Trinajstić information content (AvgIpc) is 3.36. The molecular formula is C22H22N4O2S. The van der Waals surface area contributed by atoms with Gasteiger partial charge in [0, 0.05) is 17.3 Å². The number of nitrogens with two attached hydrogens (primary N) is 1. The van der Waals surface area contributed by atoms with Crippen LogP contribution in [-0.4, -0.2) is 31.7 Å². The van der Waals surface area contributed by atoms with Crippen LogP contribution in [-0.2, 0) is 0 Å². The SMILES string of the molecule is C[C@H](O)CCC(c1cccc2sc(-c3ccccc3)nc12)n1cnc(C(N)=O)c1. The van der Waals surface area contributed by atoms with Crippen molar-refractivity contribution >= 4 is 27.5 Å². The van der Waals surface area contributed by atoms with Gasteiger partial charge in [0.15, 0.2) is 0 Å². The zero-order valence-electron chi connectivity index (χ0n) is 16.0. The van der Waals surface area contributed by atoms with E-state index in [1.165, 1.54) is 0 Å². The number of fused-ring (bicyclic) bond motifs is 1. The van der Waals surface area contributed by atoms with E-state index in [9.17, 15) is 9.90 Å². The summed E-state index contributed by atoms with van der Waals surface area (Å²) in [4.78, 5) is 20.6. The van der Waals surface area contributed by atoms with E-state index in [0.717, 1.165) is 26.4 Å². The normalized spacial score (nSPS) is 13.4. The standard InChI is InChI=1S/C22H22N4O2S/c1-14(27)10-11-18(26-12-17(21(23)28)24-13-26)16-8-5-9-19-20(16)25-22(29-19)15-6-3-2-4-7-15/h2-9,12-14,18,27H,10-11H2,1H3,(H2,23,28)/t14-,18?/m0/s1. The molecule has 148 valence electrons. The number of amides is 1. The van der Waals surface area contributed by atoms with Gasteiger partial charge in [0.2, 0.25) is 0 Å². The van der Waals surface area contributed by atoms with Gasteiger partial charge in [0.25, 0.3) is 5.91 Å². The third-order valence-electron chi connectivity index (χ3n) is 4.90. The van der Waals surface area contributed by atoms with E-state index in [2.05, 4.69) is 23.2 Å². The van der Waals surface area contributed by atoms with Gasteiger partial charge in [-0.1, -0.05) is 42.5 Å². The predicted molar refractivity (Wildman–Crippen MR) is 115 cm³/mol. The van der Waals surface area contributed by atoms with E-state index >= 15 is 0 Å². The molecule has 0 aliphatic rings. The maximum absolute atomic E-state index is 11.5. The van der Waals surface area contributed by atoms with Crippen LogP contribution in [0.4, 0.5) is 0 Å². The second-order valence-electron chi connectivity index (χ2n) is 7.09. The minimum absolute atomic E-state index is 0.111. The Bertz CT molecular complexity index is 1130. The number of hydrogen-bond acceptors (Lipinski definition) is 5. The fraction of sp³-hybridized carbons (Fsp3) is 0.227. The number of benzene rings is 2. The van der Waals surface area contributed by atoms with Crippen LogP contribution in [0.2, 0.25) is 0 Å². The second kappa shape index (κ2) is 8.14. The van der Waals surface area contributed by atoms with Gasteiger partial charge in [-0.15, -0.1) is 11.3 Å². The van der Waals surface area contributed by atoms with Gasteiger partial charge in [-0.2, -0.15) is 0 Å². The fourth-order valence-corrected chi connectivity index (χ4v) is 4.45. The molecule has 0 saturated carbocycles. The highest BCUT2D eigenvalue weighted by Gasteiger charge is 2.21. The fourth-order valence-electron chi connectivity index (χ4n) is 3.44. The number of imidazole rings is 1. The second-order valence-corrected chi connectivity index (χ2v) is 8.12. The number of carbonyl (C=O) groups is 1. The molecule has 1 unspecified atom stereocenters. The smallest absolute Gasteiger partial charge is 0.268 e. The number of primary amides is 1. The summed E-state index contributed by atoms with van der Waals surface area (Å²) in [5.74, 6) is -0.559. The monoisotopic (exact) mass is 406 g/mol. The molecule has 2 heterocycles. The molecule has 7 heteroatoms. The van der Waals surface area contributed by atoms with Crippen molar-refractivity contribution in [2.75, 3.05) is 0 Å². The van der Waals surface area contributed by atoms with Crippen LogP contribution in [0.3, 0.4) is 0 Å². The molecule has 4 rings (SSSR count). The minimum atomic E-state index is -0.559. The van der Waals surface area contributed by atoms with Crippen LogP contribution >= 0.6 is 11.3 Å². The third kappa shape index (κ3) is 4.06. The Hall–Kier alpha value is -3.03. The summed E-state index contributed by atoms with van der Waals surface area (Å²) >= 11 is 1.65. The summed E-state index contributed by atoms with van der Waals surface area (Å²) in [6.07, 6.45) is 4.16. The molecule has 0 aliphatic heterocycles. The zero-order chi connectivity index (χ0) is 20.4. The van der Waals surface area contributed by atoms with Crippen molar-refractivity contribution in [3.05, 3.63) is 72.3 Å². The predicted octanol–water partition coefficient (Wildman–Crippen LogP) is 4.01. The van der Waals surface area contributed by atoms with Gasteiger partial charge in [0.1, 0.15) is 10.7 Å². The number of hydrogen-bond donors (Lipinski definition) is 2. The largest absolute Gasteiger partial charge is 0.393 e. The van der Waals surface area contributed by atoms with E-state index in [-0.39, 0.29) is 11.7 Å². The topological polar surface area (TPSA) is 94.0 Å². The quantitative estimate of drug-likeness (QED) is 0.485. The molecule has 1 amide bonds. The first kappa shape index (κ1) is 19.3. The van der Waals surface area contributed by atoms with Gasteiger partial charge in [-0.3, -0.25) is 4.79 Å². The molecule has 3 N–H and O–H groups in total. The van der Waals surface area contributed by atoms with Crippen LogP contribution in [0.15, 0.2) is 61.1 Å². The van der Waals surface area contributed by atoms with Crippen LogP contribution in [0.5, 0.6) is 0 Å². The molecule has 2 atom stereocenters. The number of thiazole rings is 1. The lowest BCUT2D eigenvalue weighted by Crippen LogP contribution is -2.14. The molecule has 0 aliphatic carbocycles. The van der Waals surface area contributed by atoms with Crippen molar-refractivity contribution in [3.8, 4) is 10.6 Å². The van der Waals surface area contributed by atoms with Gasteiger partial charge in [-0.05, 0) is 25.8 Å². The number of aliphatic hydroxyl groups excluding tert-OH is 1. The lowest BCUT2D eigenvalue weighted by atomic mass is 9.99. The van der Waals surface area contributed by atoms with Crippen molar-refractivity contribution in [1.82, 2.24) is 14.5 Å². The lowest BCUT2D eigenvalue weighted by Gasteiger charge is -2.20. The molecule has 2 aromatic carbocycles.